The van der Waals surface area contributed by atoms with E-state index in [2.05, 4.69) is 22.0 Å². The van der Waals surface area contributed by atoms with Crippen molar-refractivity contribution in [3.05, 3.63) is 70.8 Å². The van der Waals surface area contributed by atoms with E-state index in [4.69, 9.17) is 4.74 Å². The molecule has 3 aromatic rings. The van der Waals surface area contributed by atoms with Gasteiger partial charge in [-0.2, -0.15) is 13.2 Å². The Morgan fingerprint density at radius 1 is 1.18 bits per heavy atom. The van der Waals surface area contributed by atoms with Gasteiger partial charge in [0.05, 0.1) is 40.8 Å². The molecule has 1 unspecified atom stereocenters. The van der Waals surface area contributed by atoms with Gasteiger partial charge in [-0.15, -0.1) is 10.2 Å². The second-order valence-electron chi connectivity index (χ2n) is 11.2. The molecule has 2 atom stereocenters. The SMILES string of the molecule is CC1CC(c2cccc(N3Cc4c(cc(CN5CCO[C@@H](C)C5)cc4C(F)(F)F)S3=O)c2)(c2nncn2C)C1. The van der Waals surface area contributed by atoms with Gasteiger partial charge in [0, 0.05) is 32.2 Å². The zero-order valence-corrected chi connectivity index (χ0v) is 23.1. The summed E-state index contributed by atoms with van der Waals surface area (Å²) in [5, 5.41) is 8.48. The molecule has 1 aliphatic carbocycles. The van der Waals surface area contributed by atoms with Crippen molar-refractivity contribution in [2.24, 2.45) is 13.0 Å². The molecular weight excluding hydrogens is 527 g/mol. The second kappa shape index (κ2) is 9.71. The summed E-state index contributed by atoms with van der Waals surface area (Å²) >= 11 is 0. The molecule has 0 radical (unpaired) electrons. The van der Waals surface area contributed by atoms with Crippen molar-refractivity contribution in [2.45, 2.75) is 62.4 Å². The number of rotatable bonds is 5. The predicted octanol–water partition coefficient (Wildman–Crippen LogP) is 4.81. The number of halogens is 3. The maximum Gasteiger partial charge on any atom is 0.416 e. The Balaban J connectivity index is 1.34. The molecular formula is C28H32F3N5O2S. The maximum atomic E-state index is 14.3. The van der Waals surface area contributed by atoms with Crippen molar-refractivity contribution in [3.8, 4) is 0 Å². The summed E-state index contributed by atoms with van der Waals surface area (Å²) in [6.07, 6.45) is -1.04. The van der Waals surface area contributed by atoms with Crippen molar-refractivity contribution < 1.29 is 22.1 Å². The summed E-state index contributed by atoms with van der Waals surface area (Å²) in [5.74, 6) is 1.38. The van der Waals surface area contributed by atoms with Crippen molar-refractivity contribution in [3.63, 3.8) is 0 Å². The molecule has 3 heterocycles. The molecule has 0 bridgehead atoms. The maximum absolute atomic E-state index is 14.3. The summed E-state index contributed by atoms with van der Waals surface area (Å²) in [7, 11) is 0.155. The lowest BCUT2D eigenvalue weighted by Crippen LogP contribution is -2.43. The highest BCUT2D eigenvalue weighted by atomic mass is 32.2. The average molecular weight is 560 g/mol. The van der Waals surface area contributed by atoms with Gasteiger partial charge in [0.2, 0.25) is 0 Å². The van der Waals surface area contributed by atoms with Gasteiger partial charge in [-0.25, -0.2) is 4.21 Å². The summed E-state index contributed by atoms with van der Waals surface area (Å²) in [6, 6.07) is 10.6. The lowest BCUT2D eigenvalue weighted by molar-refractivity contribution is -0.138. The molecule has 39 heavy (non-hydrogen) atoms. The van der Waals surface area contributed by atoms with E-state index in [0.717, 1.165) is 24.2 Å². The first-order valence-corrected chi connectivity index (χ1v) is 14.4. The number of alkyl halides is 3. The van der Waals surface area contributed by atoms with E-state index in [1.165, 1.54) is 6.07 Å². The number of hydrogen-bond donors (Lipinski definition) is 0. The fraction of sp³-hybridized carbons (Fsp3) is 0.500. The van der Waals surface area contributed by atoms with Gasteiger partial charge in [0.1, 0.15) is 12.2 Å². The molecule has 2 aromatic carbocycles. The first-order valence-electron chi connectivity index (χ1n) is 13.3. The highest BCUT2D eigenvalue weighted by Gasteiger charge is 2.48. The third-order valence-electron chi connectivity index (χ3n) is 8.22. The van der Waals surface area contributed by atoms with Crippen LogP contribution in [0.1, 0.15) is 54.8 Å². The molecule has 208 valence electrons. The van der Waals surface area contributed by atoms with Gasteiger partial charge in [-0.1, -0.05) is 19.1 Å². The van der Waals surface area contributed by atoms with E-state index in [0.29, 0.717) is 43.4 Å². The molecule has 6 rings (SSSR count). The number of anilines is 1. The Hall–Kier alpha value is -2.76. The van der Waals surface area contributed by atoms with E-state index in [-0.39, 0.29) is 28.5 Å². The minimum atomic E-state index is -4.54. The summed E-state index contributed by atoms with van der Waals surface area (Å²) in [6.45, 7) is 6.28. The Kier molecular flexibility index (Phi) is 6.59. The van der Waals surface area contributed by atoms with E-state index in [9.17, 15) is 17.4 Å². The molecule has 0 spiro atoms. The van der Waals surface area contributed by atoms with Gasteiger partial charge >= 0.3 is 6.18 Å². The van der Waals surface area contributed by atoms with Crippen LogP contribution in [-0.2, 0) is 47.5 Å². The number of hydrogen-bond acceptors (Lipinski definition) is 5. The normalized spacial score (nSPS) is 27.4. The molecule has 3 aliphatic rings. The smallest absolute Gasteiger partial charge is 0.376 e. The zero-order chi connectivity index (χ0) is 27.5. The van der Waals surface area contributed by atoms with Gasteiger partial charge in [0.15, 0.2) is 11.0 Å². The van der Waals surface area contributed by atoms with Crippen molar-refractivity contribution >= 4 is 16.7 Å². The van der Waals surface area contributed by atoms with Gasteiger partial charge in [-0.05, 0) is 61.1 Å². The topological polar surface area (TPSA) is 63.5 Å². The molecule has 1 saturated carbocycles. The Bertz CT molecular complexity index is 1420. The fourth-order valence-corrected chi connectivity index (χ4v) is 7.94. The van der Waals surface area contributed by atoms with E-state index < -0.39 is 22.7 Å². The Labute approximate surface area is 228 Å². The lowest BCUT2D eigenvalue weighted by Gasteiger charge is -2.46. The minimum absolute atomic E-state index is 0.0238. The number of fused-ring (bicyclic) bond motifs is 1. The zero-order valence-electron chi connectivity index (χ0n) is 22.2. The van der Waals surface area contributed by atoms with E-state index in [1.54, 1.807) is 16.7 Å². The quantitative estimate of drug-likeness (QED) is 0.449. The number of morpholine rings is 1. The standard InChI is InChI=1S/C28H32F3N5O2S/c1-18-12-27(13-18,26-33-32-17-34(26)3)21-5-4-6-22(11-21)36-16-23-24(28(29,30)31)9-20(10-25(23)39(36)37)15-35-7-8-38-19(2)14-35/h4-6,9-11,17-19H,7-8,12-16H2,1-3H3/t18?,19-,27?,39?/m0/s1. The number of benzene rings is 2. The van der Waals surface area contributed by atoms with Crippen LogP contribution >= 0.6 is 0 Å². The van der Waals surface area contributed by atoms with Crippen molar-refractivity contribution in [2.75, 3.05) is 24.0 Å². The highest BCUT2D eigenvalue weighted by Crippen LogP contribution is 2.52. The van der Waals surface area contributed by atoms with Gasteiger partial charge in [-0.3, -0.25) is 9.21 Å². The van der Waals surface area contributed by atoms with Gasteiger partial charge < -0.3 is 9.30 Å². The van der Waals surface area contributed by atoms with Crippen LogP contribution in [0.3, 0.4) is 0 Å². The molecule has 1 saturated heterocycles. The van der Waals surface area contributed by atoms with Crippen LogP contribution in [0.15, 0.2) is 47.6 Å². The molecule has 0 N–H and O–H groups in total. The Morgan fingerprint density at radius 3 is 2.64 bits per heavy atom. The van der Waals surface area contributed by atoms with Crippen LogP contribution in [-0.4, -0.2) is 49.7 Å². The van der Waals surface area contributed by atoms with E-state index in [1.807, 2.05) is 42.8 Å². The molecule has 2 aliphatic heterocycles. The van der Waals surface area contributed by atoms with Gasteiger partial charge in [0.25, 0.3) is 0 Å². The van der Waals surface area contributed by atoms with Crippen LogP contribution in [0.2, 0.25) is 0 Å². The molecule has 2 fully saturated rings. The molecule has 7 nitrogen and oxygen atoms in total. The second-order valence-corrected chi connectivity index (χ2v) is 12.6. The largest absolute Gasteiger partial charge is 0.416 e. The summed E-state index contributed by atoms with van der Waals surface area (Å²) < 4.78 is 65.6. The van der Waals surface area contributed by atoms with Crippen molar-refractivity contribution in [1.82, 2.24) is 19.7 Å². The third-order valence-corrected chi connectivity index (χ3v) is 9.70. The minimum Gasteiger partial charge on any atom is -0.376 e. The number of nitrogens with zero attached hydrogens (tertiary/aromatic N) is 5. The number of ether oxygens (including phenoxy) is 1. The van der Waals surface area contributed by atoms with Crippen LogP contribution < -0.4 is 4.31 Å². The first-order chi connectivity index (χ1) is 18.5. The number of aryl methyl sites for hydroxylation is 1. The van der Waals surface area contributed by atoms with E-state index >= 15 is 0 Å². The molecule has 1 aromatic heterocycles. The fourth-order valence-electron chi connectivity index (χ4n) is 6.52. The summed E-state index contributed by atoms with van der Waals surface area (Å²) in [5.41, 5.74) is 1.23. The third kappa shape index (κ3) is 4.68. The number of aromatic nitrogens is 3. The van der Waals surface area contributed by atoms with Crippen LogP contribution in [0.4, 0.5) is 18.9 Å². The first kappa shape index (κ1) is 26.5. The Morgan fingerprint density at radius 2 is 1.97 bits per heavy atom. The van der Waals surface area contributed by atoms with Crippen LogP contribution in [0.5, 0.6) is 0 Å². The summed E-state index contributed by atoms with van der Waals surface area (Å²) in [4.78, 5) is 2.33. The van der Waals surface area contributed by atoms with Crippen LogP contribution in [0, 0.1) is 5.92 Å². The monoisotopic (exact) mass is 559 g/mol. The lowest BCUT2D eigenvalue weighted by atomic mass is 9.58. The average Bonchev–Trinajstić information content (AvgIpc) is 3.44. The molecule has 11 heteroatoms. The van der Waals surface area contributed by atoms with Crippen LogP contribution in [0.25, 0.3) is 0 Å². The van der Waals surface area contributed by atoms with Crippen molar-refractivity contribution in [1.29, 1.82) is 0 Å². The highest BCUT2D eigenvalue weighted by molar-refractivity contribution is 7.86. The molecule has 0 amide bonds. The predicted molar refractivity (Wildman–Crippen MR) is 141 cm³/mol.